The van der Waals surface area contributed by atoms with Crippen LogP contribution in [0.5, 0.6) is 5.75 Å². The van der Waals surface area contributed by atoms with Crippen LogP contribution in [0.3, 0.4) is 0 Å². The quantitative estimate of drug-likeness (QED) is 0.864. The lowest BCUT2D eigenvalue weighted by molar-refractivity contribution is -0.139. The van der Waals surface area contributed by atoms with Gasteiger partial charge in [0, 0.05) is 6.54 Å². The van der Waals surface area contributed by atoms with Crippen molar-refractivity contribution in [1.82, 2.24) is 9.78 Å². The third kappa shape index (κ3) is 3.34. The maximum atomic E-state index is 11.3. The number of rotatable bonds is 6. The minimum atomic E-state index is -0.894. The fourth-order valence-corrected chi connectivity index (χ4v) is 1.77. The van der Waals surface area contributed by atoms with Crippen LogP contribution in [0.15, 0.2) is 42.7 Å². The van der Waals surface area contributed by atoms with Crippen LogP contribution >= 0.6 is 0 Å². The zero-order valence-corrected chi connectivity index (χ0v) is 10.7. The number of carboxylic acid groups (broad SMARTS) is 1. The van der Waals surface area contributed by atoms with Crippen molar-refractivity contribution in [3.05, 3.63) is 48.3 Å². The first-order valence-corrected chi connectivity index (χ1v) is 6.13. The minimum absolute atomic E-state index is 0.0920. The molecule has 1 heterocycles. The van der Waals surface area contributed by atoms with E-state index in [-0.39, 0.29) is 6.61 Å². The number of hydrogen-bond acceptors (Lipinski definition) is 3. The highest BCUT2D eigenvalue weighted by atomic mass is 16.5. The van der Waals surface area contributed by atoms with Gasteiger partial charge in [0.15, 0.2) is 5.75 Å². The first-order chi connectivity index (χ1) is 9.20. The van der Waals surface area contributed by atoms with Crippen molar-refractivity contribution in [2.45, 2.75) is 19.4 Å². The van der Waals surface area contributed by atoms with E-state index in [0.29, 0.717) is 5.75 Å². The van der Waals surface area contributed by atoms with Gasteiger partial charge < -0.3 is 9.84 Å². The summed E-state index contributed by atoms with van der Waals surface area (Å²) in [5, 5.41) is 13.3. The molecule has 100 valence electrons. The van der Waals surface area contributed by atoms with Crippen molar-refractivity contribution in [2.24, 2.45) is 0 Å². The van der Waals surface area contributed by atoms with Gasteiger partial charge in [-0.2, -0.15) is 5.10 Å². The van der Waals surface area contributed by atoms with E-state index >= 15 is 0 Å². The molecule has 1 aromatic heterocycles. The van der Waals surface area contributed by atoms with Crippen molar-refractivity contribution >= 4 is 5.97 Å². The van der Waals surface area contributed by atoms with Crippen LogP contribution in [-0.2, 0) is 11.3 Å². The standard InChI is InChI=1S/C14H16N2O3/c1-2-16-9-12(8-15-16)19-10-13(14(17)18)11-6-4-3-5-7-11/h3-9,13H,2,10H2,1H3,(H,17,18). The fraction of sp³-hybridized carbons (Fsp3) is 0.286. The third-order valence-electron chi connectivity index (χ3n) is 2.85. The van der Waals surface area contributed by atoms with E-state index in [1.165, 1.54) is 0 Å². The summed E-state index contributed by atoms with van der Waals surface area (Å²) in [5.41, 5.74) is 0.734. The first-order valence-electron chi connectivity index (χ1n) is 6.13. The average Bonchev–Trinajstić information content (AvgIpc) is 2.88. The van der Waals surface area contributed by atoms with Crippen LogP contribution in [0, 0.1) is 0 Å². The summed E-state index contributed by atoms with van der Waals surface area (Å²) < 4.78 is 7.23. The molecule has 1 N–H and O–H groups in total. The lowest BCUT2D eigenvalue weighted by Crippen LogP contribution is -2.19. The number of benzene rings is 1. The molecule has 0 saturated heterocycles. The van der Waals surface area contributed by atoms with Gasteiger partial charge in [-0.05, 0) is 12.5 Å². The molecule has 1 unspecified atom stereocenters. The second-order valence-electron chi connectivity index (χ2n) is 4.14. The molecule has 0 amide bonds. The van der Waals surface area contributed by atoms with Gasteiger partial charge >= 0.3 is 5.97 Å². The molecule has 0 bridgehead atoms. The molecule has 1 atom stereocenters. The topological polar surface area (TPSA) is 64.3 Å². The second-order valence-corrected chi connectivity index (χ2v) is 4.14. The number of aliphatic carboxylic acids is 1. The Morgan fingerprint density at radius 3 is 2.74 bits per heavy atom. The third-order valence-corrected chi connectivity index (χ3v) is 2.85. The van der Waals surface area contributed by atoms with Crippen molar-refractivity contribution in [3.8, 4) is 5.75 Å². The van der Waals surface area contributed by atoms with Gasteiger partial charge in [0.1, 0.15) is 12.5 Å². The molecule has 0 aliphatic heterocycles. The summed E-state index contributed by atoms with van der Waals surface area (Å²) in [6, 6.07) is 9.07. The van der Waals surface area contributed by atoms with E-state index in [4.69, 9.17) is 4.74 Å². The Balaban J connectivity index is 2.04. The maximum Gasteiger partial charge on any atom is 0.314 e. The van der Waals surface area contributed by atoms with Crippen LogP contribution < -0.4 is 4.74 Å². The Morgan fingerprint density at radius 1 is 1.42 bits per heavy atom. The number of hydrogen-bond donors (Lipinski definition) is 1. The van der Waals surface area contributed by atoms with E-state index in [2.05, 4.69) is 5.10 Å². The van der Waals surface area contributed by atoms with Gasteiger partial charge in [-0.3, -0.25) is 9.48 Å². The van der Waals surface area contributed by atoms with Crippen molar-refractivity contribution in [1.29, 1.82) is 0 Å². The minimum Gasteiger partial charge on any atom is -0.489 e. The Labute approximate surface area is 111 Å². The van der Waals surface area contributed by atoms with Crippen LogP contribution in [-0.4, -0.2) is 27.5 Å². The highest BCUT2D eigenvalue weighted by Gasteiger charge is 2.20. The zero-order chi connectivity index (χ0) is 13.7. The molecule has 5 nitrogen and oxygen atoms in total. The Morgan fingerprint density at radius 2 is 2.16 bits per heavy atom. The molecule has 0 fully saturated rings. The summed E-state index contributed by atoms with van der Waals surface area (Å²) in [5.74, 6) is -0.982. The Hall–Kier alpha value is -2.30. The lowest BCUT2D eigenvalue weighted by atomic mass is 10.0. The summed E-state index contributed by atoms with van der Waals surface area (Å²) in [6.07, 6.45) is 3.34. The van der Waals surface area contributed by atoms with E-state index in [1.807, 2.05) is 25.1 Å². The van der Waals surface area contributed by atoms with Crippen LogP contribution in [0.25, 0.3) is 0 Å². The normalized spacial score (nSPS) is 12.1. The largest absolute Gasteiger partial charge is 0.489 e. The zero-order valence-electron chi connectivity index (χ0n) is 10.7. The van der Waals surface area contributed by atoms with Crippen molar-refractivity contribution in [2.75, 3.05) is 6.61 Å². The molecular weight excluding hydrogens is 244 g/mol. The highest BCUT2D eigenvalue weighted by Crippen LogP contribution is 2.18. The van der Waals surface area contributed by atoms with Gasteiger partial charge in [0.25, 0.3) is 0 Å². The van der Waals surface area contributed by atoms with Crippen LogP contribution in [0.4, 0.5) is 0 Å². The summed E-state index contributed by atoms with van der Waals surface area (Å²) in [4.78, 5) is 11.3. The number of carbonyl (C=O) groups is 1. The van der Waals surface area contributed by atoms with Gasteiger partial charge in [-0.1, -0.05) is 30.3 Å². The van der Waals surface area contributed by atoms with Gasteiger partial charge in [0.05, 0.1) is 12.4 Å². The highest BCUT2D eigenvalue weighted by molar-refractivity contribution is 5.76. The maximum absolute atomic E-state index is 11.3. The van der Waals surface area contributed by atoms with E-state index in [9.17, 15) is 9.90 Å². The second kappa shape index (κ2) is 6.04. The molecule has 0 saturated carbocycles. The molecule has 5 heteroatoms. The van der Waals surface area contributed by atoms with E-state index < -0.39 is 11.9 Å². The molecule has 1 aromatic carbocycles. The molecule has 0 aliphatic rings. The molecule has 0 radical (unpaired) electrons. The molecule has 2 aromatic rings. The summed E-state index contributed by atoms with van der Waals surface area (Å²) in [6.45, 7) is 2.82. The number of nitrogens with zero attached hydrogens (tertiary/aromatic N) is 2. The molecule has 0 aliphatic carbocycles. The van der Waals surface area contributed by atoms with Gasteiger partial charge in [0.2, 0.25) is 0 Å². The number of aromatic nitrogens is 2. The molecule has 2 rings (SSSR count). The predicted octanol–water partition coefficient (Wildman–Crippen LogP) is 2.15. The molecule has 0 spiro atoms. The Bertz CT molecular complexity index is 537. The van der Waals surface area contributed by atoms with Gasteiger partial charge in [-0.15, -0.1) is 0 Å². The molecular formula is C14H16N2O3. The molecule has 19 heavy (non-hydrogen) atoms. The fourth-order valence-electron chi connectivity index (χ4n) is 1.77. The summed E-state index contributed by atoms with van der Waals surface area (Å²) >= 11 is 0. The van der Waals surface area contributed by atoms with Crippen LogP contribution in [0.2, 0.25) is 0 Å². The predicted molar refractivity (Wildman–Crippen MR) is 70.2 cm³/mol. The van der Waals surface area contributed by atoms with Crippen molar-refractivity contribution < 1.29 is 14.6 Å². The average molecular weight is 260 g/mol. The van der Waals surface area contributed by atoms with Crippen LogP contribution in [0.1, 0.15) is 18.4 Å². The Kier molecular flexibility index (Phi) is 4.18. The SMILES string of the molecule is CCn1cc(OCC(C(=O)O)c2ccccc2)cn1. The van der Waals surface area contributed by atoms with Crippen molar-refractivity contribution in [3.63, 3.8) is 0 Å². The smallest absolute Gasteiger partial charge is 0.314 e. The number of carboxylic acids is 1. The lowest BCUT2D eigenvalue weighted by Gasteiger charge is -2.12. The monoisotopic (exact) mass is 260 g/mol. The summed E-state index contributed by atoms with van der Waals surface area (Å²) in [7, 11) is 0. The van der Waals surface area contributed by atoms with E-state index in [0.717, 1.165) is 12.1 Å². The van der Waals surface area contributed by atoms with E-state index in [1.54, 1.807) is 29.2 Å². The van der Waals surface area contributed by atoms with Gasteiger partial charge in [-0.25, -0.2) is 0 Å². The first kappa shape index (κ1) is 13.1. The number of ether oxygens (including phenoxy) is 1. The number of aryl methyl sites for hydroxylation is 1.